The van der Waals surface area contributed by atoms with E-state index < -0.39 is 29.1 Å². The highest BCUT2D eigenvalue weighted by atomic mass is 35.5. The van der Waals surface area contributed by atoms with E-state index in [1.165, 1.54) is 0 Å². The van der Waals surface area contributed by atoms with Gasteiger partial charge in [-0.3, -0.25) is 14.4 Å². The molecule has 3 aliphatic heterocycles. The van der Waals surface area contributed by atoms with Crippen LogP contribution in [0.5, 0.6) is 0 Å². The molecule has 3 heterocycles. The van der Waals surface area contributed by atoms with E-state index in [1.807, 2.05) is 56.3 Å². The lowest BCUT2D eigenvalue weighted by Gasteiger charge is -2.39. The lowest BCUT2D eigenvalue weighted by Crippen LogP contribution is -2.57. The smallest absolute Gasteiger partial charge is 0.253 e. The number of aryl methyl sites for hydroxylation is 1. The van der Waals surface area contributed by atoms with Crippen molar-refractivity contribution >= 4 is 35.0 Å². The van der Waals surface area contributed by atoms with Gasteiger partial charge < -0.3 is 24.5 Å². The maximum Gasteiger partial charge on any atom is 0.253 e. The monoisotopic (exact) mass is 647 g/mol. The number of anilines is 1. The summed E-state index contributed by atoms with van der Waals surface area (Å²) in [6.45, 7) is 14.9. The molecule has 9 heteroatoms. The summed E-state index contributed by atoms with van der Waals surface area (Å²) in [6, 6.07) is 14.3. The fourth-order valence-electron chi connectivity index (χ4n) is 8.13. The van der Waals surface area contributed by atoms with E-state index in [4.69, 9.17) is 16.3 Å². The van der Waals surface area contributed by atoms with Gasteiger partial charge in [0, 0.05) is 32.8 Å². The van der Waals surface area contributed by atoms with Gasteiger partial charge in [0.25, 0.3) is 5.91 Å². The van der Waals surface area contributed by atoms with Crippen molar-refractivity contribution in [2.75, 3.05) is 31.1 Å². The van der Waals surface area contributed by atoms with Crippen molar-refractivity contribution < 1.29 is 24.2 Å². The molecule has 2 bridgehead atoms. The van der Waals surface area contributed by atoms with Gasteiger partial charge >= 0.3 is 0 Å². The molecule has 3 fully saturated rings. The molecule has 0 radical (unpaired) electrons. The van der Waals surface area contributed by atoms with E-state index >= 15 is 0 Å². The van der Waals surface area contributed by atoms with Gasteiger partial charge in [-0.2, -0.15) is 0 Å². The number of hydrogen-bond donors (Lipinski definition) is 1. The maximum absolute atomic E-state index is 15.0. The lowest BCUT2D eigenvalue weighted by atomic mass is 9.62. The Bertz CT molecular complexity index is 1460. The van der Waals surface area contributed by atoms with Crippen LogP contribution >= 0.6 is 11.6 Å². The predicted octanol–water partition coefficient (Wildman–Crippen LogP) is 5.56. The van der Waals surface area contributed by atoms with Crippen molar-refractivity contribution in [1.29, 1.82) is 0 Å². The van der Waals surface area contributed by atoms with Gasteiger partial charge in [-0.1, -0.05) is 73.1 Å². The van der Waals surface area contributed by atoms with Crippen molar-refractivity contribution in [3.8, 4) is 0 Å². The molecule has 0 saturated carbocycles. The highest BCUT2D eigenvalue weighted by molar-refractivity contribution is 6.34. The fraction of sp³-hybridized carbons (Fsp3) is 0.486. The zero-order valence-electron chi connectivity index (χ0n) is 27.2. The number of amides is 3. The van der Waals surface area contributed by atoms with Gasteiger partial charge in [0.05, 0.1) is 28.1 Å². The number of likely N-dealkylation sites (tertiary alicyclic amines) is 1. The molecule has 0 aromatic heterocycles. The largest absolute Gasteiger partial charge is 0.396 e. The number of benzene rings is 2. The first-order valence-electron chi connectivity index (χ1n) is 16.3. The number of ether oxygens (including phenoxy) is 1. The highest BCUT2D eigenvalue weighted by Crippen LogP contribution is 2.65. The van der Waals surface area contributed by atoms with Crippen LogP contribution in [0.1, 0.15) is 50.7 Å². The van der Waals surface area contributed by atoms with Crippen LogP contribution in [0.15, 0.2) is 73.8 Å². The van der Waals surface area contributed by atoms with Crippen LogP contribution in [0.3, 0.4) is 0 Å². The average Bonchev–Trinajstić information content (AvgIpc) is 3.54. The standard InChI is InChI=1S/C37H46ClN3O5/c1-6-19-39(24-27-16-10-8-11-17-27)33(43)29-30-34(44)41(21-12-9-13-22-42)32(37(30)23-26(4)36(29,5)46-37)35(45)40(20-7-2)31-25(3)15-14-18-28(31)38/h6-8,10-11,14-18,26,29-30,32,42H,1-2,9,12-13,19-24H2,3-5H3/t26?,29-,30-,32?,36+,37?/m0/s1. The Labute approximate surface area is 277 Å². The molecule has 46 heavy (non-hydrogen) atoms. The molecule has 3 amide bonds. The molecule has 1 spiro atoms. The second kappa shape index (κ2) is 13.7. The topological polar surface area (TPSA) is 90.4 Å². The number of aliphatic hydroxyl groups excluding tert-OH is 1. The van der Waals surface area contributed by atoms with Crippen molar-refractivity contribution in [3.05, 3.63) is 90.0 Å². The number of nitrogens with zero attached hydrogens (tertiary/aromatic N) is 3. The van der Waals surface area contributed by atoms with E-state index in [1.54, 1.807) is 32.9 Å². The number of hydrogen-bond acceptors (Lipinski definition) is 5. The van der Waals surface area contributed by atoms with Crippen LogP contribution in [0, 0.1) is 24.7 Å². The zero-order chi connectivity index (χ0) is 33.2. The van der Waals surface area contributed by atoms with Crippen molar-refractivity contribution in [2.24, 2.45) is 17.8 Å². The van der Waals surface area contributed by atoms with Gasteiger partial charge in [-0.15, -0.1) is 13.2 Å². The summed E-state index contributed by atoms with van der Waals surface area (Å²) in [4.78, 5) is 49.3. The molecule has 3 unspecified atom stereocenters. The van der Waals surface area contributed by atoms with Gasteiger partial charge in [0.2, 0.25) is 11.8 Å². The Morgan fingerprint density at radius 1 is 1.07 bits per heavy atom. The van der Waals surface area contributed by atoms with E-state index in [0.29, 0.717) is 56.0 Å². The third-order valence-electron chi connectivity index (χ3n) is 10.3. The quantitative estimate of drug-likeness (QED) is 0.214. The molecule has 2 aromatic rings. The molecule has 3 aliphatic rings. The van der Waals surface area contributed by atoms with Crippen molar-refractivity contribution in [1.82, 2.24) is 9.80 Å². The Morgan fingerprint density at radius 3 is 2.43 bits per heavy atom. The first kappa shape index (κ1) is 33.9. The second-order valence-corrected chi connectivity index (χ2v) is 13.6. The van der Waals surface area contributed by atoms with Gasteiger partial charge in [0.1, 0.15) is 11.6 Å². The first-order chi connectivity index (χ1) is 22.0. The van der Waals surface area contributed by atoms with Crippen molar-refractivity contribution in [3.63, 3.8) is 0 Å². The molecule has 246 valence electrons. The number of rotatable bonds is 14. The zero-order valence-corrected chi connectivity index (χ0v) is 27.9. The first-order valence-corrected chi connectivity index (χ1v) is 16.7. The van der Waals surface area contributed by atoms with Crippen LogP contribution in [-0.4, -0.2) is 76.1 Å². The maximum atomic E-state index is 15.0. The summed E-state index contributed by atoms with van der Waals surface area (Å²) in [7, 11) is 0. The number of carbonyl (C=O) groups excluding carboxylic acids is 3. The fourth-order valence-corrected chi connectivity index (χ4v) is 8.45. The number of halogens is 1. The summed E-state index contributed by atoms with van der Waals surface area (Å²) < 4.78 is 7.00. The van der Waals surface area contributed by atoms with Gasteiger partial charge in [-0.25, -0.2) is 0 Å². The Kier molecular flexibility index (Phi) is 10.1. The summed E-state index contributed by atoms with van der Waals surface area (Å²) in [6.07, 6.45) is 5.72. The Hall–Kier alpha value is -3.46. The SMILES string of the molecule is C=CCN(Cc1ccccc1)C(=O)[C@@H]1[C@H]2C(=O)N(CCCCCO)C(C(=O)N(CC=C)c3c(C)cccc3Cl)C23CC(C)[C@@]1(C)O3. The summed E-state index contributed by atoms with van der Waals surface area (Å²) in [5.41, 5.74) is 0.225. The number of carbonyl (C=O) groups is 3. The van der Waals surface area contributed by atoms with Crippen LogP contribution in [-0.2, 0) is 25.7 Å². The van der Waals surface area contributed by atoms with Crippen molar-refractivity contribution in [2.45, 2.75) is 70.2 Å². The normalized spacial score (nSPS) is 27.8. The summed E-state index contributed by atoms with van der Waals surface area (Å²) in [5, 5.41) is 9.82. The van der Waals surface area contributed by atoms with E-state index in [-0.39, 0.29) is 36.8 Å². The van der Waals surface area contributed by atoms with Gasteiger partial charge in [-0.05, 0) is 62.6 Å². The number of para-hydroxylation sites is 1. The van der Waals surface area contributed by atoms with Crippen LogP contribution in [0.25, 0.3) is 0 Å². The number of fused-ring (bicyclic) bond motifs is 1. The van der Waals surface area contributed by atoms with Crippen LogP contribution in [0.2, 0.25) is 5.02 Å². The minimum atomic E-state index is -1.19. The average molecular weight is 648 g/mol. The lowest BCUT2D eigenvalue weighted by molar-refractivity contribution is -0.151. The predicted molar refractivity (Wildman–Crippen MR) is 180 cm³/mol. The molecular formula is C37H46ClN3O5. The molecule has 8 nitrogen and oxygen atoms in total. The Morgan fingerprint density at radius 2 is 1.78 bits per heavy atom. The van der Waals surface area contributed by atoms with E-state index in [2.05, 4.69) is 20.1 Å². The molecule has 2 aromatic carbocycles. The molecule has 5 rings (SSSR count). The van der Waals surface area contributed by atoms with Crippen LogP contribution in [0.4, 0.5) is 5.69 Å². The van der Waals surface area contributed by atoms with Gasteiger partial charge in [0.15, 0.2) is 0 Å². The molecular weight excluding hydrogens is 602 g/mol. The van der Waals surface area contributed by atoms with Crippen LogP contribution < -0.4 is 4.90 Å². The summed E-state index contributed by atoms with van der Waals surface area (Å²) >= 11 is 6.70. The minimum absolute atomic E-state index is 0.0534. The molecule has 6 atom stereocenters. The number of aliphatic hydroxyl groups is 1. The molecule has 0 aliphatic carbocycles. The third-order valence-corrected chi connectivity index (χ3v) is 10.6. The Balaban J connectivity index is 1.59. The molecule has 3 saturated heterocycles. The van der Waals surface area contributed by atoms with E-state index in [0.717, 1.165) is 11.1 Å². The third kappa shape index (κ3) is 5.69. The molecule has 1 N–H and O–H groups in total. The highest BCUT2D eigenvalue weighted by Gasteiger charge is 2.80. The van der Waals surface area contributed by atoms with E-state index in [9.17, 15) is 19.5 Å². The second-order valence-electron chi connectivity index (χ2n) is 13.2. The minimum Gasteiger partial charge on any atom is -0.396 e. The summed E-state index contributed by atoms with van der Waals surface area (Å²) in [5.74, 6) is -2.40. The number of unbranched alkanes of at least 4 members (excludes halogenated alkanes) is 2.